The molecular formula is C23H27ClN2O3. The van der Waals surface area contributed by atoms with Crippen LogP contribution in [0.15, 0.2) is 41.0 Å². The maximum atomic E-state index is 13.6. The van der Waals surface area contributed by atoms with E-state index >= 15 is 0 Å². The van der Waals surface area contributed by atoms with Crippen molar-refractivity contribution in [2.24, 2.45) is 0 Å². The Morgan fingerprint density at radius 3 is 2.34 bits per heavy atom. The summed E-state index contributed by atoms with van der Waals surface area (Å²) in [7, 11) is 0. The number of likely N-dealkylation sites (tertiary alicyclic amines) is 1. The Labute approximate surface area is 176 Å². The normalized spacial score (nSPS) is 19.3. The first kappa shape index (κ1) is 20.0. The fraction of sp³-hybridized carbons (Fsp3) is 0.478. The van der Waals surface area contributed by atoms with Gasteiger partial charge in [-0.3, -0.25) is 9.59 Å². The average molecular weight is 415 g/mol. The predicted octanol–water partition coefficient (Wildman–Crippen LogP) is 4.47. The smallest absolute Gasteiger partial charge is 0.287 e. The van der Waals surface area contributed by atoms with Crippen LogP contribution in [0.4, 0.5) is 0 Å². The van der Waals surface area contributed by atoms with Crippen molar-refractivity contribution in [3.05, 3.63) is 58.5 Å². The quantitative estimate of drug-likeness (QED) is 0.802. The summed E-state index contributed by atoms with van der Waals surface area (Å²) < 4.78 is 5.28. The van der Waals surface area contributed by atoms with Crippen LogP contribution in [0.3, 0.4) is 0 Å². The van der Waals surface area contributed by atoms with Gasteiger partial charge in [0.25, 0.3) is 5.91 Å². The fourth-order valence-corrected chi connectivity index (χ4v) is 4.89. The van der Waals surface area contributed by atoms with Crippen LogP contribution in [0.2, 0.25) is 5.02 Å². The van der Waals surface area contributed by atoms with Gasteiger partial charge in [0.05, 0.1) is 11.7 Å². The largest absolute Gasteiger partial charge is 0.459 e. The number of aryl methyl sites for hydroxylation is 1. The first-order valence-electron chi connectivity index (χ1n) is 10.4. The SMILES string of the molecule is Cc1ccoc1C(=O)NC1CCN(C(=O)C2(c3ccc(Cl)cc3)CCCC2)CC1. The highest BCUT2D eigenvalue weighted by molar-refractivity contribution is 6.30. The Balaban J connectivity index is 1.41. The number of carbonyl (C=O) groups is 2. The molecule has 1 aliphatic heterocycles. The Bertz CT molecular complexity index is 876. The summed E-state index contributed by atoms with van der Waals surface area (Å²) in [4.78, 5) is 27.9. The number of benzene rings is 1. The van der Waals surface area contributed by atoms with Crippen LogP contribution in [0, 0.1) is 6.92 Å². The topological polar surface area (TPSA) is 62.6 Å². The van der Waals surface area contributed by atoms with Crippen molar-refractivity contribution in [1.29, 1.82) is 0 Å². The van der Waals surface area contributed by atoms with Crippen molar-refractivity contribution in [3.63, 3.8) is 0 Å². The molecule has 1 aromatic heterocycles. The molecule has 2 aliphatic rings. The number of hydrogen-bond acceptors (Lipinski definition) is 3. The zero-order valence-corrected chi connectivity index (χ0v) is 17.5. The molecule has 5 nitrogen and oxygen atoms in total. The van der Waals surface area contributed by atoms with E-state index in [0.29, 0.717) is 23.9 Å². The fourth-order valence-electron chi connectivity index (χ4n) is 4.76. The van der Waals surface area contributed by atoms with Crippen LogP contribution in [0.5, 0.6) is 0 Å². The van der Waals surface area contributed by atoms with Crippen LogP contribution in [-0.2, 0) is 10.2 Å². The zero-order chi connectivity index (χ0) is 20.4. The molecule has 6 heteroatoms. The molecule has 2 amide bonds. The van der Waals surface area contributed by atoms with E-state index in [1.54, 1.807) is 6.07 Å². The summed E-state index contributed by atoms with van der Waals surface area (Å²) in [6.07, 6.45) is 6.97. The molecule has 1 aromatic carbocycles. The van der Waals surface area contributed by atoms with E-state index in [0.717, 1.165) is 49.7 Å². The second-order valence-electron chi connectivity index (χ2n) is 8.27. The Hall–Kier alpha value is -2.27. The summed E-state index contributed by atoms with van der Waals surface area (Å²) in [5.74, 6) is 0.422. The molecule has 2 heterocycles. The van der Waals surface area contributed by atoms with Crippen LogP contribution in [-0.4, -0.2) is 35.8 Å². The molecule has 0 bridgehead atoms. The average Bonchev–Trinajstić information content (AvgIpc) is 3.38. The Morgan fingerprint density at radius 2 is 1.76 bits per heavy atom. The zero-order valence-electron chi connectivity index (χ0n) is 16.7. The molecule has 2 fully saturated rings. The van der Waals surface area contributed by atoms with Gasteiger partial charge in [-0.05, 0) is 56.4 Å². The molecular weight excluding hydrogens is 388 g/mol. The van der Waals surface area contributed by atoms with Crippen LogP contribution >= 0.6 is 11.6 Å². The number of amides is 2. The molecule has 0 spiro atoms. The van der Waals surface area contributed by atoms with Crippen LogP contribution in [0.1, 0.15) is 60.2 Å². The minimum atomic E-state index is -0.425. The van der Waals surface area contributed by atoms with Crippen LogP contribution in [0.25, 0.3) is 0 Å². The maximum absolute atomic E-state index is 13.6. The van der Waals surface area contributed by atoms with Gasteiger partial charge in [-0.25, -0.2) is 0 Å². The van der Waals surface area contributed by atoms with E-state index < -0.39 is 5.41 Å². The third kappa shape index (κ3) is 3.93. The number of hydrogen-bond donors (Lipinski definition) is 1. The lowest BCUT2D eigenvalue weighted by atomic mass is 9.77. The molecule has 0 atom stereocenters. The minimum absolute atomic E-state index is 0.0612. The van der Waals surface area contributed by atoms with Gasteiger partial charge in [0.1, 0.15) is 0 Å². The number of furan rings is 1. The number of rotatable bonds is 4. The summed E-state index contributed by atoms with van der Waals surface area (Å²) >= 11 is 6.06. The van der Waals surface area contributed by atoms with Gasteiger partial charge in [-0.2, -0.15) is 0 Å². The second kappa shape index (κ2) is 8.23. The number of halogens is 1. The van der Waals surface area contributed by atoms with E-state index in [4.69, 9.17) is 16.0 Å². The van der Waals surface area contributed by atoms with E-state index in [-0.39, 0.29) is 17.9 Å². The van der Waals surface area contributed by atoms with Gasteiger partial charge < -0.3 is 14.6 Å². The molecule has 0 radical (unpaired) electrons. The van der Waals surface area contributed by atoms with Crippen molar-refractivity contribution in [2.75, 3.05) is 13.1 Å². The lowest BCUT2D eigenvalue weighted by Gasteiger charge is -2.39. The molecule has 29 heavy (non-hydrogen) atoms. The molecule has 2 aromatic rings. The molecule has 1 saturated carbocycles. The Kier molecular flexibility index (Phi) is 5.68. The number of nitrogens with zero attached hydrogens (tertiary/aromatic N) is 1. The highest BCUT2D eigenvalue weighted by atomic mass is 35.5. The van der Waals surface area contributed by atoms with Crippen LogP contribution < -0.4 is 5.32 Å². The van der Waals surface area contributed by atoms with Crippen molar-refractivity contribution in [2.45, 2.75) is 56.9 Å². The van der Waals surface area contributed by atoms with E-state index in [9.17, 15) is 9.59 Å². The first-order valence-corrected chi connectivity index (χ1v) is 10.8. The molecule has 154 valence electrons. The van der Waals surface area contributed by atoms with Crippen molar-refractivity contribution < 1.29 is 14.0 Å². The third-order valence-electron chi connectivity index (χ3n) is 6.45. The third-order valence-corrected chi connectivity index (χ3v) is 6.70. The monoisotopic (exact) mass is 414 g/mol. The summed E-state index contributed by atoms with van der Waals surface area (Å²) in [6, 6.07) is 9.61. The maximum Gasteiger partial charge on any atom is 0.287 e. The van der Waals surface area contributed by atoms with Gasteiger partial charge in [0.15, 0.2) is 5.76 Å². The lowest BCUT2D eigenvalue weighted by molar-refractivity contribution is -0.138. The standard InChI is InChI=1S/C23H27ClN2O3/c1-16-10-15-29-20(16)21(27)25-19-8-13-26(14-9-19)22(28)23(11-2-3-12-23)17-4-6-18(24)7-5-17/h4-7,10,15,19H,2-3,8-9,11-14H2,1H3,(H,25,27). The Morgan fingerprint density at radius 1 is 1.10 bits per heavy atom. The van der Waals surface area contributed by atoms with E-state index in [1.807, 2.05) is 36.1 Å². The lowest BCUT2D eigenvalue weighted by Crippen LogP contribution is -2.51. The predicted molar refractivity (Wildman–Crippen MR) is 112 cm³/mol. The number of carbonyl (C=O) groups excluding carboxylic acids is 2. The van der Waals surface area contributed by atoms with Gasteiger partial charge in [0, 0.05) is 29.7 Å². The molecule has 1 saturated heterocycles. The van der Waals surface area contributed by atoms with Crippen molar-refractivity contribution in [1.82, 2.24) is 10.2 Å². The molecule has 1 aliphatic carbocycles. The van der Waals surface area contributed by atoms with Gasteiger partial charge >= 0.3 is 0 Å². The highest BCUT2D eigenvalue weighted by Gasteiger charge is 2.45. The van der Waals surface area contributed by atoms with E-state index in [2.05, 4.69) is 5.32 Å². The number of piperidine rings is 1. The second-order valence-corrected chi connectivity index (χ2v) is 8.71. The van der Waals surface area contributed by atoms with Gasteiger partial charge in [-0.15, -0.1) is 0 Å². The minimum Gasteiger partial charge on any atom is -0.459 e. The van der Waals surface area contributed by atoms with Gasteiger partial charge in [0.2, 0.25) is 5.91 Å². The summed E-state index contributed by atoms with van der Waals surface area (Å²) in [5.41, 5.74) is 1.49. The summed E-state index contributed by atoms with van der Waals surface area (Å²) in [5, 5.41) is 3.75. The molecule has 1 N–H and O–H groups in total. The number of nitrogens with one attached hydrogen (secondary N) is 1. The van der Waals surface area contributed by atoms with Crippen molar-refractivity contribution >= 4 is 23.4 Å². The highest BCUT2D eigenvalue weighted by Crippen LogP contribution is 2.43. The first-order chi connectivity index (χ1) is 14.0. The van der Waals surface area contributed by atoms with Crippen molar-refractivity contribution in [3.8, 4) is 0 Å². The molecule has 0 unspecified atom stereocenters. The molecule has 4 rings (SSSR count). The van der Waals surface area contributed by atoms with E-state index in [1.165, 1.54) is 6.26 Å². The van der Waals surface area contributed by atoms with Gasteiger partial charge in [-0.1, -0.05) is 36.6 Å². The summed E-state index contributed by atoms with van der Waals surface area (Å²) in [6.45, 7) is 3.18.